The van der Waals surface area contributed by atoms with Crippen molar-refractivity contribution >= 4 is 0 Å². The summed E-state index contributed by atoms with van der Waals surface area (Å²) >= 11 is 0. The summed E-state index contributed by atoms with van der Waals surface area (Å²) in [5.41, 5.74) is 14.4. The molecule has 254 valence electrons. The van der Waals surface area contributed by atoms with Gasteiger partial charge in [-0.15, -0.1) is 0 Å². The van der Waals surface area contributed by atoms with Crippen LogP contribution < -0.4 is 0 Å². The van der Waals surface area contributed by atoms with Crippen molar-refractivity contribution in [3.05, 3.63) is 212 Å². The molecule has 0 aliphatic heterocycles. The summed E-state index contributed by atoms with van der Waals surface area (Å²) in [5, 5.41) is 0. The molecule has 0 unspecified atom stereocenters. The van der Waals surface area contributed by atoms with Crippen molar-refractivity contribution in [3.8, 4) is 89.8 Å². The molecule has 1 heterocycles. The van der Waals surface area contributed by atoms with Crippen molar-refractivity contribution in [1.29, 1.82) is 0 Å². The predicted octanol–water partition coefficient (Wildman–Crippen LogP) is 13.2. The second-order valence-electron chi connectivity index (χ2n) is 13.3. The Morgan fingerprint density at radius 2 is 0.389 bits per heavy atom. The van der Waals surface area contributed by atoms with Gasteiger partial charge in [0.25, 0.3) is 0 Å². The first-order chi connectivity index (χ1) is 26.7. The molecule has 0 saturated carbocycles. The molecule has 0 saturated heterocycles. The molecule has 1 aromatic heterocycles. The van der Waals surface area contributed by atoms with Crippen LogP contribution in [0.1, 0.15) is 0 Å². The van der Waals surface area contributed by atoms with Crippen molar-refractivity contribution in [2.75, 3.05) is 0 Å². The van der Waals surface area contributed by atoms with Crippen LogP contribution in [0.4, 0.5) is 0 Å². The highest BCUT2D eigenvalue weighted by Gasteiger charge is 2.14. The molecule has 0 amide bonds. The highest BCUT2D eigenvalue weighted by molar-refractivity contribution is 5.77. The molecule has 3 heteroatoms. The number of hydrogen-bond acceptors (Lipinski definition) is 3. The summed E-state index contributed by atoms with van der Waals surface area (Å²) in [4.78, 5) is 15.2. The normalized spacial score (nSPS) is 11.0. The van der Waals surface area contributed by atoms with E-state index in [4.69, 9.17) is 15.0 Å². The van der Waals surface area contributed by atoms with Crippen LogP contribution in [0.5, 0.6) is 0 Å². The minimum Gasteiger partial charge on any atom is -0.208 e. The quantitative estimate of drug-likeness (QED) is 0.159. The lowest BCUT2D eigenvalue weighted by Crippen LogP contribution is -2.00. The van der Waals surface area contributed by atoms with E-state index in [2.05, 4.69) is 194 Å². The van der Waals surface area contributed by atoms with Crippen LogP contribution in [-0.4, -0.2) is 15.0 Å². The molecule has 9 rings (SSSR count). The van der Waals surface area contributed by atoms with Crippen LogP contribution in [0, 0.1) is 0 Å². The van der Waals surface area contributed by atoms with Gasteiger partial charge in [0.1, 0.15) is 0 Å². The van der Waals surface area contributed by atoms with E-state index in [1.165, 1.54) is 22.3 Å². The fourth-order valence-corrected chi connectivity index (χ4v) is 6.85. The molecule has 0 atom stereocenters. The van der Waals surface area contributed by atoms with Crippen LogP contribution >= 0.6 is 0 Å². The molecule has 0 bridgehead atoms. The van der Waals surface area contributed by atoms with E-state index in [1.54, 1.807) is 0 Å². The zero-order valence-electron chi connectivity index (χ0n) is 29.5. The lowest BCUT2D eigenvalue weighted by molar-refractivity contribution is 1.07. The van der Waals surface area contributed by atoms with E-state index in [1.807, 2.05) is 18.2 Å². The van der Waals surface area contributed by atoms with E-state index in [9.17, 15) is 0 Å². The van der Waals surface area contributed by atoms with Crippen LogP contribution in [0.3, 0.4) is 0 Å². The van der Waals surface area contributed by atoms with Crippen molar-refractivity contribution in [1.82, 2.24) is 15.0 Å². The van der Waals surface area contributed by atoms with Gasteiger partial charge in [0.05, 0.1) is 0 Å². The fourth-order valence-electron chi connectivity index (χ4n) is 6.85. The van der Waals surface area contributed by atoms with Crippen molar-refractivity contribution < 1.29 is 0 Å². The summed E-state index contributed by atoms with van der Waals surface area (Å²) in [5.74, 6) is 1.89. The molecule has 9 aromatic rings. The standard InChI is InChI=1S/C51H35N3/c1-4-12-36(13-5-1)39-22-24-40(25-23-39)41-26-30-43(31-27-41)49-52-50(54-51(53-49)48-21-11-20-47(35-48)38-16-8-3-9-17-38)44-32-28-42(29-33-44)46-19-10-18-45(34-46)37-14-6-2-7-15-37/h1-35H. The highest BCUT2D eigenvalue weighted by Crippen LogP contribution is 2.32. The van der Waals surface area contributed by atoms with Crippen LogP contribution in [0.2, 0.25) is 0 Å². The third-order valence-electron chi connectivity index (χ3n) is 9.78. The Labute approximate surface area is 316 Å². The number of nitrogens with zero attached hydrogens (tertiary/aromatic N) is 3. The third kappa shape index (κ3) is 6.99. The minimum atomic E-state index is 0.630. The first-order valence-electron chi connectivity index (χ1n) is 18.2. The summed E-state index contributed by atoms with van der Waals surface area (Å²) < 4.78 is 0. The maximum absolute atomic E-state index is 5.07. The summed E-state index contributed by atoms with van der Waals surface area (Å²) in [6.07, 6.45) is 0. The Bertz CT molecular complexity index is 2650. The van der Waals surface area contributed by atoms with Gasteiger partial charge in [0, 0.05) is 16.7 Å². The monoisotopic (exact) mass is 689 g/mol. The Balaban J connectivity index is 1.07. The predicted molar refractivity (Wildman–Crippen MR) is 223 cm³/mol. The molecule has 0 aliphatic carbocycles. The number of benzene rings is 8. The molecule has 0 N–H and O–H groups in total. The zero-order chi connectivity index (χ0) is 36.1. The van der Waals surface area contributed by atoms with E-state index in [-0.39, 0.29) is 0 Å². The first kappa shape index (κ1) is 32.7. The topological polar surface area (TPSA) is 38.7 Å². The molecule has 54 heavy (non-hydrogen) atoms. The van der Waals surface area contributed by atoms with Crippen molar-refractivity contribution in [3.63, 3.8) is 0 Å². The minimum absolute atomic E-state index is 0.630. The molecule has 0 fully saturated rings. The SMILES string of the molecule is c1ccc(-c2ccc(-c3ccc(-c4nc(-c5ccc(-c6cccc(-c7ccccc7)c6)cc5)nc(-c5cccc(-c6ccccc6)c5)n4)cc3)cc2)cc1. The van der Waals surface area contributed by atoms with Crippen molar-refractivity contribution in [2.24, 2.45) is 0 Å². The van der Waals surface area contributed by atoms with Gasteiger partial charge in [-0.25, -0.2) is 15.0 Å². The van der Waals surface area contributed by atoms with Gasteiger partial charge in [0.15, 0.2) is 17.5 Å². The van der Waals surface area contributed by atoms with Gasteiger partial charge >= 0.3 is 0 Å². The maximum Gasteiger partial charge on any atom is 0.164 e. The fraction of sp³-hybridized carbons (Fsp3) is 0. The largest absolute Gasteiger partial charge is 0.208 e. The Kier molecular flexibility index (Phi) is 8.94. The molecule has 0 spiro atoms. The lowest BCUT2D eigenvalue weighted by Gasteiger charge is -2.11. The van der Waals surface area contributed by atoms with Crippen molar-refractivity contribution in [2.45, 2.75) is 0 Å². The average Bonchev–Trinajstić information content (AvgIpc) is 3.27. The summed E-state index contributed by atoms with van der Waals surface area (Å²) in [6, 6.07) is 74.1. The van der Waals surface area contributed by atoms with E-state index in [0.717, 1.165) is 50.1 Å². The van der Waals surface area contributed by atoms with Gasteiger partial charge in [0.2, 0.25) is 0 Å². The molecular formula is C51H35N3. The Morgan fingerprint density at radius 3 is 0.759 bits per heavy atom. The van der Waals surface area contributed by atoms with E-state index >= 15 is 0 Å². The van der Waals surface area contributed by atoms with Crippen LogP contribution in [0.25, 0.3) is 89.8 Å². The lowest BCUT2D eigenvalue weighted by atomic mass is 9.98. The second kappa shape index (κ2) is 14.8. The Morgan fingerprint density at radius 1 is 0.167 bits per heavy atom. The molecular weight excluding hydrogens is 655 g/mol. The van der Waals surface area contributed by atoms with Gasteiger partial charge in [-0.1, -0.05) is 200 Å². The summed E-state index contributed by atoms with van der Waals surface area (Å²) in [7, 11) is 0. The maximum atomic E-state index is 5.07. The van der Waals surface area contributed by atoms with E-state index < -0.39 is 0 Å². The molecule has 0 aliphatic rings. The second-order valence-corrected chi connectivity index (χ2v) is 13.3. The zero-order valence-corrected chi connectivity index (χ0v) is 29.5. The molecule has 8 aromatic carbocycles. The van der Waals surface area contributed by atoms with E-state index in [0.29, 0.717) is 17.5 Å². The smallest absolute Gasteiger partial charge is 0.164 e. The number of hydrogen-bond donors (Lipinski definition) is 0. The average molecular weight is 690 g/mol. The van der Waals surface area contributed by atoms with Gasteiger partial charge in [-0.2, -0.15) is 0 Å². The highest BCUT2D eigenvalue weighted by atomic mass is 15.0. The van der Waals surface area contributed by atoms with Gasteiger partial charge in [-0.05, 0) is 67.8 Å². The van der Waals surface area contributed by atoms with Crippen LogP contribution in [0.15, 0.2) is 212 Å². The van der Waals surface area contributed by atoms with Gasteiger partial charge in [-0.3, -0.25) is 0 Å². The first-order valence-corrected chi connectivity index (χ1v) is 18.2. The van der Waals surface area contributed by atoms with Crippen LogP contribution in [-0.2, 0) is 0 Å². The number of rotatable bonds is 8. The molecule has 3 nitrogen and oxygen atoms in total. The number of aromatic nitrogens is 3. The van der Waals surface area contributed by atoms with Gasteiger partial charge < -0.3 is 0 Å². The third-order valence-corrected chi connectivity index (χ3v) is 9.78. The Hall–Kier alpha value is -7.23. The molecule has 0 radical (unpaired) electrons. The summed E-state index contributed by atoms with van der Waals surface area (Å²) in [6.45, 7) is 0.